The molecule has 2 bridgehead atoms. The Balaban J connectivity index is 1.58. The van der Waals surface area contributed by atoms with Crippen LogP contribution in [0.5, 0.6) is 0 Å². The minimum atomic E-state index is -1.12. The summed E-state index contributed by atoms with van der Waals surface area (Å²) in [5.41, 5.74) is -1.61. The summed E-state index contributed by atoms with van der Waals surface area (Å²) in [6.07, 6.45) is 2.13. The van der Waals surface area contributed by atoms with Crippen LogP contribution in [-0.2, 0) is 12.0 Å². The Morgan fingerprint density at radius 3 is 2.61 bits per heavy atom. The number of aromatic nitrogens is 3. The maximum Gasteiger partial charge on any atom is 0.347 e. The summed E-state index contributed by atoms with van der Waals surface area (Å²) in [4.78, 5) is 12.7. The second kappa shape index (κ2) is 3.88. The second-order valence-electron chi connectivity index (χ2n) is 7.11. The first-order valence-corrected chi connectivity index (χ1v) is 7.76. The van der Waals surface area contributed by atoms with Crippen molar-refractivity contribution in [3.63, 3.8) is 0 Å². The summed E-state index contributed by atoms with van der Waals surface area (Å²) in [5.74, 6) is -0.702. The van der Waals surface area contributed by atoms with Gasteiger partial charge in [-0.1, -0.05) is 6.07 Å². The predicted molar refractivity (Wildman–Crippen MR) is 75.0 cm³/mol. The van der Waals surface area contributed by atoms with E-state index in [1.165, 1.54) is 21.4 Å². The molecule has 0 radical (unpaired) electrons. The molecule has 4 nitrogen and oxygen atoms in total. The van der Waals surface area contributed by atoms with Crippen molar-refractivity contribution in [1.82, 2.24) is 14.3 Å². The zero-order chi connectivity index (χ0) is 16.0. The largest absolute Gasteiger partial charge is 0.347 e. The van der Waals surface area contributed by atoms with Gasteiger partial charge >= 0.3 is 5.69 Å². The van der Waals surface area contributed by atoms with E-state index in [1.54, 1.807) is 0 Å². The van der Waals surface area contributed by atoms with Crippen molar-refractivity contribution in [2.45, 2.75) is 49.4 Å². The fourth-order valence-corrected chi connectivity index (χ4v) is 4.51. The lowest BCUT2D eigenvalue weighted by molar-refractivity contribution is -0.205. The molecule has 0 spiro atoms. The van der Waals surface area contributed by atoms with E-state index in [0.717, 1.165) is 6.07 Å². The van der Waals surface area contributed by atoms with Gasteiger partial charge in [0.2, 0.25) is 0 Å². The number of hydrogen-bond donors (Lipinski definition) is 0. The van der Waals surface area contributed by atoms with Gasteiger partial charge in [-0.15, -0.1) is 0 Å². The number of benzene rings is 1. The molecule has 3 aliphatic carbocycles. The van der Waals surface area contributed by atoms with E-state index in [1.807, 2.05) is 0 Å². The van der Waals surface area contributed by atoms with Gasteiger partial charge in [0, 0.05) is 37.3 Å². The van der Waals surface area contributed by atoms with Crippen LogP contribution in [0.25, 0.3) is 0 Å². The highest BCUT2D eigenvalue weighted by Gasteiger charge is 2.71. The smallest absolute Gasteiger partial charge is 0.271 e. The van der Waals surface area contributed by atoms with Crippen LogP contribution in [0.1, 0.15) is 43.1 Å². The summed E-state index contributed by atoms with van der Waals surface area (Å²) in [7, 11) is 0. The van der Waals surface area contributed by atoms with Crippen LogP contribution in [0.2, 0.25) is 0 Å². The number of fused-ring (bicyclic) bond motifs is 1. The first-order valence-electron chi connectivity index (χ1n) is 7.76. The normalized spacial score (nSPS) is 34.0. The maximum absolute atomic E-state index is 14.1. The number of aryl methyl sites for hydroxylation is 1. The number of hydrogen-bond acceptors (Lipinski definition) is 2. The first-order chi connectivity index (χ1) is 10.9. The Morgan fingerprint density at radius 1 is 1.22 bits per heavy atom. The third-order valence-electron chi connectivity index (χ3n) is 5.54. The van der Waals surface area contributed by atoms with Crippen LogP contribution in [0.4, 0.5) is 13.2 Å². The zero-order valence-corrected chi connectivity index (χ0v) is 12.2. The fourth-order valence-electron chi connectivity index (χ4n) is 4.51. The van der Waals surface area contributed by atoms with E-state index < -0.39 is 28.9 Å². The van der Waals surface area contributed by atoms with Crippen molar-refractivity contribution < 1.29 is 13.2 Å². The average molecular weight is 321 g/mol. The van der Waals surface area contributed by atoms with Crippen LogP contribution in [0.3, 0.4) is 0 Å². The van der Waals surface area contributed by atoms with Crippen molar-refractivity contribution in [3.8, 4) is 0 Å². The monoisotopic (exact) mass is 321 g/mol. The molecule has 1 aliphatic heterocycles. The van der Waals surface area contributed by atoms with Gasteiger partial charge in [-0.25, -0.2) is 22.6 Å². The second-order valence-corrected chi connectivity index (χ2v) is 7.11. The van der Waals surface area contributed by atoms with E-state index in [0.29, 0.717) is 43.5 Å². The summed E-state index contributed by atoms with van der Waals surface area (Å²) in [5, 5.41) is 4.38. The molecule has 0 N–H and O–H groups in total. The van der Waals surface area contributed by atoms with Crippen LogP contribution in [0.15, 0.2) is 23.0 Å². The lowest BCUT2D eigenvalue weighted by atomic mass is 9.47. The van der Waals surface area contributed by atoms with Gasteiger partial charge in [-0.05, 0) is 12.5 Å². The van der Waals surface area contributed by atoms with E-state index in [2.05, 4.69) is 5.10 Å². The molecule has 4 aliphatic rings. The predicted octanol–water partition coefficient (Wildman–Crippen LogP) is 2.46. The Labute approximate surface area is 129 Å². The van der Waals surface area contributed by atoms with Crippen molar-refractivity contribution in [1.29, 1.82) is 0 Å². The molecule has 1 aromatic heterocycles. The number of alkyl halides is 1. The van der Waals surface area contributed by atoms with Gasteiger partial charge in [0.15, 0.2) is 0 Å². The molecule has 120 valence electrons. The van der Waals surface area contributed by atoms with Crippen molar-refractivity contribution in [3.05, 3.63) is 51.7 Å². The van der Waals surface area contributed by atoms with Gasteiger partial charge in [0.1, 0.15) is 23.1 Å². The highest BCUT2D eigenvalue weighted by molar-refractivity contribution is 5.27. The maximum atomic E-state index is 14.1. The van der Waals surface area contributed by atoms with Crippen molar-refractivity contribution in [2.75, 3.05) is 0 Å². The summed E-state index contributed by atoms with van der Waals surface area (Å²) in [6, 6.07) is 2.93. The van der Waals surface area contributed by atoms with Crippen molar-refractivity contribution >= 4 is 0 Å². The van der Waals surface area contributed by atoms with E-state index in [4.69, 9.17) is 0 Å². The highest BCUT2D eigenvalue weighted by Crippen LogP contribution is 2.66. The molecule has 3 fully saturated rings. The number of halogens is 3. The molecule has 3 saturated carbocycles. The minimum absolute atomic E-state index is 0.298. The average Bonchev–Trinajstić information content (AvgIpc) is 2.96. The van der Waals surface area contributed by atoms with Gasteiger partial charge in [-0.3, -0.25) is 4.57 Å². The highest BCUT2D eigenvalue weighted by atomic mass is 19.1. The Morgan fingerprint density at radius 2 is 1.96 bits per heavy atom. The van der Waals surface area contributed by atoms with Gasteiger partial charge in [-0.2, -0.15) is 5.10 Å². The van der Waals surface area contributed by atoms with Crippen LogP contribution in [-0.4, -0.2) is 20.0 Å². The van der Waals surface area contributed by atoms with Gasteiger partial charge in [0.05, 0.1) is 11.6 Å². The summed E-state index contributed by atoms with van der Waals surface area (Å²) < 4.78 is 43.8. The molecule has 1 atom stereocenters. The van der Waals surface area contributed by atoms with Gasteiger partial charge < -0.3 is 0 Å². The van der Waals surface area contributed by atoms with Crippen molar-refractivity contribution in [2.24, 2.45) is 0 Å². The zero-order valence-electron chi connectivity index (χ0n) is 12.2. The Kier molecular flexibility index (Phi) is 2.26. The lowest BCUT2D eigenvalue weighted by Gasteiger charge is -2.64. The molecular weight excluding hydrogens is 307 g/mol. The topological polar surface area (TPSA) is 39.8 Å². The number of nitrogens with zero attached hydrogens (tertiary/aromatic N) is 3. The van der Waals surface area contributed by atoms with Crippen LogP contribution in [0, 0.1) is 11.6 Å². The molecule has 2 heterocycles. The first kappa shape index (κ1) is 13.4. The SMILES string of the molecule is O=c1n(C23CC(F)(C2)C3)nc2n1C(c1ccc(F)cc1F)CC2. The molecule has 23 heavy (non-hydrogen) atoms. The molecule has 0 saturated heterocycles. The molecule has 1 aromatic carbocycles. The Bertz CT molecular complexity index is 881. The molecule has 7 heteroatoms. The van der Waals surface area contributed by atoms with E-state index in [9.17, 15) is 18.0 Å². The molecular formula is C16H14F3N3O. The minimum Gasteiger partial charge on any atom is -0.271 e. The van der Waals surface area contributed by atoms with Gasteiger partial charge in [0.25, 0.3) is 0 Å². The molecule has 0 amide bonds. The van der Waals surface area contributed by atoms with E-state index in [-0.39, 0.29) is 5.69 Å². The van der Waals surface area contributed by atoms with Crippen LogP contribution >= 0.6 is 0 Å². The third kappa shape index (κ3) is 1.57. The standard InChI is InChI=1S/C16H14F3N3O/c17-9-1-2-10(11(18)5-9)12-3-4-13-20-22(14(23)21(12)13)16-6-15(19,7-16)8-16/h1-2,5,12H,3-4,6-8H2. The molecule has 1 unspecified atom stereocenters. The molecule has 2 aromatic rings. The van der Waals surface area contributed by atoms with E-state index >= 15 is 0 Å². The quantitative estimate of drug-likeness (QED) is 0.852. The lowest BCUT2D eigenvalue weighted by Crippen LogP contribution is -2.72. The Hall–Kier alpha value is -2.05. The summed E-state index contributed by atoms with van der Waals surface area (Å²) >= 11 is 0. The third-order valence-corrected chi connectivity index (χ3v) is 5.54. The number of rotatable bonds is 2. The van der Waals surface area contributed by atoms with Crippen LogP contribution < -0.4 is 5.69 Å². The fraction of sp³-hybridized carbons (Fsp3) is 0.500. The molecule has 6 rings (SSSR count). The summed E-state index contributed by atoms with van der Waals surface area (Å²) in [6.45, 7) is 0.